The van der Waals surface area contributed by atoms with Gasteiger partial charge in [-0.05, 0) is 32.7 Å². The third-order valence-corrected chi connectivity index (χ3v) is 3.43. The molecule has 1 aliphatic rings. The van der Waals surface area contributed by atoms with Gasteiger partial charge in [-0.3, -0.25) is 4.90 Å². The maximum absolute atomic E-state index is 8.74. The van der Waals surface area contributed by atoms with E-state index in [2.05, 4.69) is 44.0 Å². The molecule has 0 aliphatic carbocycles. The fourth-order valence-electron chi connectivity index (χ4n) is 2.14. The van der Waals surface area contributed by atoms with E-state index in [1.165, 1.54) is 6.42 Å². The molecule has 1 rings (SSSR count). The zero-order chi connectivity index (χ0) is 12.2. The number of nitrogens with zero attached hydrogens (tertiary/aromatic N) is 2. The number of rotatable bonds is 4. The van der Waals surface area contributed by atoms with Gasteiger partial charge in [-0.25, -0.2) is 0 Å². The van der Waals surface area contributed by atoms with E-state index in [9.17, 15) is 0 Å². The third-order valence-electron chi connectivity index (χ3n) is 3.43. The summed E-state index contributed by atoms with van der Waals surface area (Å²) < 4.78 is 0. The lowest BCUT2D eigenvalue weighted by molar-refractivity contribution is 0.0627. The molecule has 1 N–H and O–H groups in total. The molecule has 1 fully saturated rings. The molecule has 0 aromatic carbocycles. The van der Waals surface area contributed by atoms with Crippen molar-refractivity contribution in [3.8, 4) is 6.07 Å². The molecule has 3 heteroatoms. The van der Waals surface area contributed by atoms with Crippen LogP contribution >= 0.6 is 0 Å². The second-order valence-corrected chi connectivity index (χ2v) is 5.88. The van der Waals surface area contributed by atoms with Crippen LogP contribution in [0.15, 0.2) is 0 Å². The molecule has 0 bridgehead atoms. The average molecular weight is 223 g/mol. The maximum Gasteiger partial charge on any atom is 0.0638 e. The van der Waals surface area contributed by atoms with Crippen molar-refractivity contribution in [3.05, 3.63) is 0 Å². The first-order valence-electron chi connectivity index (χ1n) is 6.31. The van der Waals surface area contributed by atoms with Crippen LogP contribution in [-0.2, 0) is 0 Å². The summed E-state index contributed by atoms with van der Waals surface area (Å²) >= 11 is 0. The van der Waals surface area contributed by atoms with Crippen LogP contribution < -0.4 is 5.32 Å². The van der Waals surface area contributed by atoms with Crippen LogP contribution in [0.3, 0.4) is 0 Å². The van der Waals surface area contributed by atoms with E-state index in [4.69, 9.17) is 5.26 Å². The minimum atomic E-state index is 0.223. The first-order chi connectivity index (χ1) is 7.45. The van der Waals surface area contributed by atoms with Gasteiger partial charge in [0.15, 0.2) is 0 Å². The molecular weight excluding hydrogens is 198 g/mol. The van der Waals surface area contributed by atoms with Crippen LogP contribution in [0.2, 0.25) is 0 Å². The molecule has 92 valence electrons. The lowest BCUT2D eigenvalue weighted by Crippen LogP contribution is -2.62. The Morgan fingerprint density at radius 2 is 2.19 bits per heavy atom. The van der Waals surface area contributed by atoms with Gasteiger partial charge in [0.25, 0.3) is 0 Å². The van der Waals surface area contributed by atoms with Crippen molar-refractivity contribution in [1.82, 2.24) is 10.2 Å². The molecule has 0 radical (unpaired) electrons. The van der Waals surface area contributed by atoms with E-state index < -0.39 is 0 Å². The van der Waals surface area contributed by atoms with Gasteiger partial charge < -0.3 is 5.32 Å². The molecule has 1 saturated heterocycles. The van der Waals surface area contributed by atoms with Gasteiger partial charge in [0, 0.05) is 24.7 Å². The van der Waals surface area contributed by atoms with E-state index in [1.807, 2.05) is 0 Å². The van der Waals surface area contributed by atoms with Crippen LogP contribution in [-0.4, -0.2) is 36.1 Å². The van der Waals surface area contributed by atoms with Crippen molar-refractivity contribution in [2.45, 2.75) is 52.1 Å². The highest BCUT2D eigenvalue weighted by Gasteiger charge is 2.33. The van der Waals surface area contributed by atoms with Crippen molar-refractivity contribution in [3.63, 3.8) is 0 Å². The summed E-state index contributed by atoms with van der Waals surface area (Å²) in [7, 11) is 0. The van der Waals surface area contributed by atoms with E-state index in [1.54, 1.807) is 0 Å². The van der Waals surface area contributed by atoms with Gasteiger partial charge in [0.05, 0.1) is 12.5 Å². The average Bonchev–Trinajstić information content (AvgIpc) is 2.19. The molecule has 1 atom stereocenters. The first kappa shape index (κ1) is 13.5. The second kappa shape index (κ2) is 5.65. The number of nitrogens with one attached hydrogen (secondary N) is 1. The molecule has 1 heterocycles. The van der Waals surface area contributed by atoms with Crippen LogP contribution in [0.4, 0.5) is 0 Å². The molecule has 3 nitrogen and oxygen atoms in total. The fraction of sp³-hybridized carbons (Fsp3) is 0.923. The smallest absolute Gasteiger partial charge is 0.0638 e. The summed E-state index contributed by atoms with van der Waals surface area (Å²) in [4.78, 5) is 2.53. The molecule has 0 aromatic heterocycles. The Bertz CT molecular complexity index is 252. The Morgan fingerprint density at radius 1 is 1.50 bits per heavy atom. The van der Waals surface area contributed by atoms with Gasteiger partial charge in [0.1, 0.15) is 0 Å². The number of nitriles is 1. The Kier molecular flexibility index (Phi) is 4.76. The molecule has 0 spiro atoms. The topological polar surface area (TPSA) is 39.1 Å². The van der Waals surface area contributed by atoms with Crippen molar-refractivity contribution < 1.29 is 0 Å². The van der Waals surface area contributed by atoms with E-state index in [0.29, 0.717) is 12.5 Å². The normalized spacial score (nSPS) is 25.6. The van der Waals surface area contributed by atoms with Crippen LogP contribution in [0.25, 0.3) is 0 Å². The van der Waals surface area contributed by atoms with Gasteiger partial charge in [-0.15, -0.1) is 0 Å². The van der Waals surface area contributed by atoms with Crippen LogP contribution in [0.5, 0.6) is 0 Å². The van der Waals surface area contributed by atoms with E-state index in [0.717, 1.165) is 25.6 Å². The van der Waals surface area contributed by atoms with Crippen LogP contribution in [0, 0.1) is 17.2 Å². The highest BCUT2D eigenvalue weighted by atomic mass is 15.3. The summed E-state index contributed by atoms with van der Waals surface area (Å²) in [5, 5.41) is 12.2. The Labute approximate surface area is 99.8 Å². The maximum atomic E-state index is 8.74. The SMILES string of the molecule is CC(C)CCN1CC(CC#N)NCC1(C)C. The fourth-order valence-corrected chi connectivity index (χ4v) is 2.14. The Hall–Kier alpha value is -0.590. The van der Waals surface area contributed by atoms with Gasteiger partial charge in [-0.2, -0.15) is 5.26 Å². The lowest BCUT2D eigenvalue weighted by atomic mass is 9.95. The molecule has 0 saturated carbocycles. The van der Waals surface area contributed by atoms with Crippen molar-refractivity contribution >= 4 is 0 Å². The molecule has 1 unspecified atom stereocenters. The predicted octanol–water partition coefficient (Wildman–Crippen LogP) is 2.00. The zero-order valence-corrected chi connectivity index (χ0v) is 11.1. The summed E-state index contributed by atoms with van der Waals surface area (Å²) in [6.45, 7) is 12.2. The highest BCUT2D eigenvalue weighted by Crippen LogP contribution is 2.20. The quantitative estimate of drug-likeness (QED) is 0.792. The number of piperazine rings is 1. The minimum absolute atomic E-state index is 0.223. The first-order valence-corrected chi connectivity index (χ1v) is 6.31. The van der Waals surface area contributed by atoms with Crippen molar-refractivity contribution in [1.29, 1.82) is 5.26 Å². The van der Waals surface area contributed by atoms with Gasteiger partial charge >= 0.3 is 0 Å². The summed E-state index contributed by atoms with van der Waals surface area (Å²) in [6, 6.07) is 2.61. The second-order valence-electron chi connectivity index (χ2n) is 5.88. The van der Waals surface area contributed by atoms with E-state index in [-0.39, 0.29) is 5.54 Å². The summed E-state index contributed by atoms with van der Waals surface area (Å²) in [5.41, 5.74) is 0.223. The molecule has 0 amide bonds. The Morgan fingerprint density at radius 3 is 2.75 bits per heavy atom. The minimum Gasteiger partial charge on any atom is -0.310 e. The Balaban J connectivity index is 2.51. The molecular formula is C13H25N3. The molecule has 0 aromatic rings. The van der Waals surface area contributed by atoms with Gasteiger partial charge in [-0.1, -0.05) is 13.8 Å². The van der Waals surface area contributed by atoms with E-state index >= 15 is 0 Å². The van der Waals surface area contributed by atoms with Crippen molar-refractivity contribution in [2.24, 2.45) is 5.92 Å². The summed E-state index contributed by atoms with van der Waals surface area (Å²) in [6.07, 6.45) is 1.86. The highest BCUT2D eigenvalue weighted by molar-refractivity contribution is 4.95. The van der Waals surface area contributed by atoms with Crippen molar-refractivity contribution in [2.75, 3.05) is 19.6 Å². The largest absolute Gasteiger partial charge is 0.310 e. The summed E-state index contributed by atoms with van der Waals surface area (Å²) in [5.74, 6) is 0.750. The number of hydrogen-bond donors (Lipinski definition) is 1. The van der Waals surface area contributed by atoms with Gasteiger partial charge in [0.2, 0.25) is 0 Å². The molecule has 16 heavy (non-hydrogen) atoms. The van der Waals surface area contributed by atoms with Crippen LogP contribution in [0.1, 0.15) is 40.5 Å². The zero-order valence-electron chi connectivity index (χ0n) is 11.1. The number of hydrogen-bond acceptors (Lipinski definition) is 3. The standard InChI is InChI=1S/C13H25N3/c1-11(2)6-8-16-9-12(5-7-14)15-10-13(16,3)4/h11-12,15H,5-6,8-10H2,1-4H3. The molecule has 1 aliphatic heterocycles. The third kappa shape index (κ3) is 3.77. The monoisotopic (exact) mass is 223 g/mol. The lowest BCUT2D eigenvalue weighted by Gasteiger charge is -2.46. The predicted molar refractivity (Wildman–Crippen MR) is 67.1 cm³/mol.